The summed E-state index contributed by atoms with van der Waals surface area (Å²) in [4.78, 5) is 95.5. The van der Waals surface area contributed by atoms with Gasteiger partial charge < -0.3 is 0 Å². The van der Waals surface area contributed by atoms with Crippen LogP contribution in [0, 0.1) is 32.7 Å². The minimum atomic E-state index is -4.77. The van der Waals surface area contributed by atoms with Crippen LogP contribution in [-0.4, -0.2) is 34.7 Å². The van der Waals surface area contributed by atoms with Crippen molar-refractivity contribution in [2.45, 2.75) is 5.67 Å². The third-order valence-electron chi connectivity index (χ3n) is 11.3. The van der Waals surface area contributed by atoms with E-state index < -0.39 is 73.0 Å². The zero-order valence-electron chi connectivity index (χ0n) is 34.3. The van der Waals surface area contributed by atoms with E-state index in [9.17, 15) is 0 Å². The fourth-order valence-electron chi connectivity index (χ4n) is 8.23. The average Bonchev–Trinajstić information content (AvgIpc) is 3.36. The third kappa shape index (κ3) is 8.20. The van der Waals surface area contributed by atoms with Crippen molar-refractivity contribution in [2.75, 3.05) is 0 Å². The van der Waals surface area contributed by atoms with Crippen molar-refractivity contribution in [3.05, 3.63) is 252 Å². The Labute approximate surface area is 382 Å². The molecule has 0 aromatic heterocycles. The zero-order valence-corrected chi connectivity index (χ0v) is 36.4. The van der Waals surface area contributed by atoms with Gasteiger partial charge in [0.25, 0.3) is 0 Å². The van der Waals surface area contributed by atoms with Gasteiger partial charge in [-0.05, 0) is 0 Å². The Bertz CT molecular complexity index is 2890. The molecule has 0 aliphatic carbocycles. The summed E-state index contributed by atoms with van der Waals surface area (Å²) in [5.41, 5.74) is 1.01. The Morgan fingerprint density at radius 3 is 0.766 bits per heavy atom. The van der Waals surface area contributed by atoms with Crippen LogP contribution in [-0.2, 0) is 0 Å². The molecule has 7 heteroatoms. The van der Waals surface area contributed by atoms with Crippen LogP contribution in [0.1, 0.15) is 62.1 Å². The number of ketones is 6. The van der Waals surface area contributed by atoms with E-state index in [-0.39, 0.29) is 33.4 Å². The Kier molecular flexibility index (Phi) is 12.5. The molecule has 9 aromatic carbocycles. The van der Waals surface area contributed by atoms with Crippen LogP contribution in [0.5, 0.6) is 0 Å². The quantitative estimate of drug-likeness (QED) is 0.0749. The van der Waals surface area contributed by atoms with Crippen LogP contribution < -0.4 is 0 Å². The van der Waals surface area contributed by atoms with E-state index in [1.807, 2.05) is 54.6 Å². The van der Waals surface area contributed by atoms with Gasteiger partial charge in [-0.2, -0.15) is 0 Å². The molecule has 0 N–H and O–H groups in total. The molecule has 64 heavy (non-hydrogen) atoms. The molecule has 6 nitrogen and oxygen atoms in total. The molecule has 9 rings (SSSR count). The van der Waals surface area contributed by atoms with Gasteiger partial charge in [-0.25, -0.2) is 0 Å². The van der Waals surface area contributed by atoms with Gasteiger partial charge >= 0.3 is 386 Å². The standard InChI is InChI=1S/3C19H13O2.Tb/c3*20-18(15-8-2-1-3-9-15)13-19(21)17-12-6-10-14-7-4-5-11-16(14)17;/h3*1-13H;. The molecule has 0 aliphatic rings. The van der Waals surface area contributed by atoms with Crippen LogP contribution in [0.3, 0.4) is 0 Å². The number of hydrogen-bond acceptors (Lipinski definition) is 6. The number of Topliss-reactive ketones (excluding diaryl/α,β-unsaturated/α-hetero) is 6. The number of carbonyl (C=O) groups is 6. The van der Waals surface area contributed by atoms with Gasteiger partial charge in [0.2, 0.25) is 0 Å². The summed E-state index contributed by atoms with van der Waals surface area (Å²) >= 11 is -4.77. The molecule has 0 saturated heterocycles. The van der Waals surface area contributed by atoms with Crippen LogP contribution in [0.25, 0.3) is 32.3 Å². The molecule has 0 bridgehead atoms. The summed E-state index contributed by atoms with van der Waals surface area (Å²) in [5.74, 6) is -3.97. The molecular formula is C57H39O6Tb. The summed E-state index contributed by atoms with van der Waals surface area (Å²) in [6.07, 6.45) is 0. The average molecular weight is 979 g/mol. The van der Waals surface area contributed by atoms with E-state index in [2.05, 4.69) is 0 Å². The summed E-state index contributed by atoms with van der Waals surface area (Å²) in [7, 11) is 0. The fraction of sp³-hybridized carbons (Fsp3) is 0.0526. The van der Waals surface area contributed by atoms with Crippen molar-refractivity contribution in [2.24, 2.45) is 0 Å². The molecule has 0 radical (unpaired) electrons. The Morgan fingerprint density at radius 2 is 0.484 bits per heavy atom. The maximum atomic E-state index is 16.1. The SMILES string of the molecule is O=C(c1ccccc1)[CH](C(=O)c1cccc2ccccc12)[Tb]([CH](C(=O)c1ccccc1)C(=O)c1cccc2ccccc12)[CH](C(=O)c1ccccc1)C(=O)c1cccc2ccccc12. The number of rotatable bonds is 15. The zero-order chi connectivity index (χ0) is 44.2. The molecule has 0 amide bonds. The predicted octanol–water partition coefficient (Wildman–Crippen LogP) is 12.7. The molecule has 3 unspecified atom stereocenters. The van der Waals surface area contributed by atoms with E-state index in [4.69, 9.17) is 0 Å². The van der Waals surface area contributed by atoms with Crippen molar-refractivity contribution < 1.29 is 61.4 Å². The van der Waals surface area contributed by atoms with Gasteiger partial charge in [-0.3, -0.25) is 0 Å². The summed E-state index contributed by atoms with van der Waals surface area (Å²) in [5, 5.41) is 3.85. The molecule has 9 aromatic rings. The van der Waals surface area contributed by atoms with E-state index in [1.54, 1.807) is 164 Å². The van der Waals surface area contributed by atoms with E-state index in [1.165, 1.54) is 0 Å². The summed E-state index contributed by atoms with van der Waals surface area (Å²) < 4.78 is -5.25. The van der Waals surface area contributed by atoms with Gasteiger partial charge in [0.15, 0.2) is 0 Å². The van der Waals surface area contributed by atoms with Gasteiger partial charge in [0, 0.05) is 0 Å². The molecule has 0 heterocycles. The van der Waals surface area contributed by atoms with Crippen molar-refractivity contribution in [3.63, 3.8) is 0 Å². The molecule has 0 aliphatic heterocycles. The summed E-state index contributed by atoms with van der Waals surface area (Å²) in [6, 6.07) is 62.3. The van der Waals surface area contributed by atoms with Crippen LogP contribution in [0.15, 0.2) is 218 Å². The van der Waals surface area contributed by atoms with Gasteiger partial charge in [0.1, 0.15) is 0 Å². The molecular weight excluding hydrogens is 940 g/mol. The predicted molar refractivity (Wildman–Crippen MR) is 248 cm³/mol. The maximum absolute atomic E-state index is 16.1. The second-order valence-corrected chi connectivity index (χ2v) is 21.1. The molecule has 3 atom stereocenters. The Hall–Kier alpha value is -6.93. The van der Waals surface area contributed by atoms with Crippen LogP contribution in [0.2, 0.25) is 5.67 Å². The van der Waals surface area contributed by atoms with Crippen molar-refractivity contribution in [1.29, 1.82) is 0 Å². The van der Waals surface area contributed by atoms with Crippen molar-refractivity contribution in [3.8, 4) is 0 Å². The van der Waals surface area contributed by atoms with Crippen LogP contribution >= 0.6 is 0 Å². The number of hydrogen-bond donors (Lipinski definition) is 0. The van der Waals surface area contributed by atoms with Gasteiger partial charge in [-0.15, -0.1) is 0 Å². The van der Waals surface area contributed by atoms with Crippen molar-refractivity contribution >= 4 is 67.0 Å². The van der Waals surface area contributed by atoms with Gasteiger partial charge in [0.05, 0.1) is 0 Å². The molecule has 0 saturated carbocycles. The first-order valence-electron chi connectivity index (χ1n) is 20.7. The topological polar surface area (TPSA) is 102 Å². The first kappa shape index (κ1) is 42.4. The molecule has 0 spiro atoms. The first-order chi connectivity index (χ1) is 31.3. The van der Waals surface area contributed by atoms with Gasteiger partial charge in [-0.1, -0.05) is 0 Å². The fourth-order valence-corrected chi connectivity index (χ4v) is 16.3. The Morgan fingerprint density at radius 1 is 0.250 bits per heavy atom. The van der Waals surface area contributed by atoms with Crippen LogP contribution in [0.4, 0.5) is 0 Å². The second-order valence-electron chi connectivity index (χ2n) is 15.2. The normalized spacial score (nSPS) is 12.8. The first-order valence-corrected chi connectivity index (χ1v) is 24.4. The third-order valence-corrected chi connectivity index (χ3v) is 19.0. The van der Waals surface area contributed by atoms with E-state index in [0.717, 1.165) is 16.2 Å². The monoisotopic (exact) mass is 978 g/mol. The number of benzene rings is 9. The summed E-state index contributed by atoms with van der Waals surface area (Å²) in [6.45, 7) is 0. The molecule has 0 fully saturated rings. The molecule has 312 valence electrons. The van der Waals surface area contributed by atoms with E-state index in [0.29, 0.717) is 16.2 Å². The van der Waals surface area contributed by atoms with E-state index >= 15 is 28.8 Å². The number of carbonyl (C=O) groups excluding carboxylic acids is 6. The number of fused-ring (bicyclic) bond motifs is 3. The second kappa shape index (κ2) is 18.8. The van der Waals surface area contributed by atoms with Crippen molar-refractivity contribution in [1.82, 2.24) is 0 Å². The Balaban J connectivity index is 1.41. The minimum absolute atomic E-state index is 0.151.